The summed E-state index contributed by atoms with van der Waals surface area (Å²) in [7, 11) is 0. The van der Waals surface area contributed by atoms with Crippen LogP contribution in [0, 0.1) is 0 Å². The van der Waals surface area contributed by atoms with Crippen molar-refractivity contribution in [2.75, 3.05) is 29.6 Å². The third kappa shape index (κ3) is 2.82. The number of nitrogens with two attached hydrogens (primary N) is 1. The van der Waals surface area contributed by atoms with E-state index in [0.29, 0.717) is 11.1 Å². The number of rotatable bonds is 4. The SMILES string of the molecule is Nc1nnc(SCC(=O)O)n1N1CCCCC1. The van der Waals surface area contributed by atoms with Gasteiger partial charge in [0.25, 0.3) is 0 Å². The maximum atomic E-state index is 10.5. The Balaban J connectivity index is 2.13. The zero-order valence-corrected chi connectivity index (χ0v) is 10.2. The maximum absolute atomic E-state index is 10.5. The highest BCUT2D eigenvalue weighted by atomic mass is 32.2. The van der Waals surface area contributed by atoms with Gasteiger partial charge in [0, 0.05) is 13.1 Å². The Kier molecular flexibility index (Phi) is 3.72. The van der Waals surface area contributed by atoms with Gasteiger partial charge in [-0.15, -0.1) is 10.2 Å². The van der Waals surface area contributed by atoms with Crippen molar-refractivity contribution in [2.45, 2.75) is 24.4 Å². The van der Waals surface area contributed by atoms with Gasteiger partial charge in [-0.2, -0.15) is 4.68 Å². The Morgan fingerprint density at radius 3 is 2.71 bits per heavy atom. The van der Waals surface area contributed by atoms with E-state index in [-0.39, 0.29) is 5.75 Å². The molecule has 0 amide bonds. The fourth-order valence-corrected chi connectivity index (χ4v) is 2.52. The molecule has 7 nitrogen and oxygen atoms in total. The first-order chi connectivity index (χ1) is 8.18. The van der Waals surface area contributed by atoms with Gasteiger partial charge in [-0.1, -0.05) is 11.8 Å². The summed E-state index contributed by atoms with van der Waals surface area (Å²) in [6.07, 6.45) is 3.44. The van der Waals surface area contributed by atoms with Gasteiger partial charge in [-0.25, -0.2) is 0 Å². The van der Waals surface area contributed by atoms with Crippen molar-refractivity contribution in [1.29, 1.82) is 0 Å². The summed E-state index contributed by atoms with van der Waals surface area (Å²) < 4.78 is 1.73. The Hall–Kier alpha value is -1.44. The first-order valence-electron chi connectivity index (χ1n) is 5.49. The van der Waals surface area contributed by atoms with E-state index in [4.69, 9.17) is 10.8 Å². The number of carbonyl (C=O) groups is 1. The number of hydrogen-bond donors (Lipinski definition) is 2. The van der Waals surface area contributed by atoms with Crippen LogP contribution >= 0.6 is 11.8 Å². The number of thioether (sulfide) groups is 1. The fourth-order valence-electron chi connectivity index (χ4n) is 1.84. The highest BCUT2D eigenvalue weighted by Gasteiger charge is 2.19. The van der Waals surface area contributed by atoms with Crippen molar-refractivity contribution in [3.63, 3.8) is 0 Å². The molecule has 0 spiro atoms. The molecule has 2 rings (SSSR count). The van der Waals surface area contributed by atoms with Crippen molar-refractivity contribution >= 4 is 23.7 Å². The van der Waals surface area contributed by atoms with Crippen LogP contribution in [0.2, 0.25) is 0 Å². The molecule has 1 aliphatic rings. The zero-order chi connectivity index (χ0) is 12.3. The molecule has 1 aromatic rings. The van der Waals surface area contributed by atoms with Crippen molar-refractivity contribution in [3.8, 4) is 0 Å². The third-order valence-electron chi connectivity index (χ3n) is 2.58. The predicted octanol–water partition coefficient (Wildman–Crippen LogP) is 0.159. The number of nitrogen functional groups attached to an aromatic ring is 1. The molecule has 0 atom stereocenters. The minimum Gasteiger partial charge on any atom is -0.481 e. The molecule has 0 radical (unpaired) electrons. The number of aromatic nitrogens is 3. The summed E-state index contributed by atoms with van der Waals surface area (Å²) in [5.74, 6) is -0.590. The number of hydrogen-bond acceptors (Lipinski definition) is 6. The second-order valence-electron chi connectivity index (χ2n) is 3.85. The average molecular weight is 257 g/mol. The molecule has 1 aromatic heterocycles. The second kappa shape index (κ2) is 5.26. The summed E-state index contributed by atoms with van der Waals surface area (Å²) in [5.41, 5.74) is 5.77. The van der Waals surface area contributed by atoms with Gasteiger partial charge in [0.2, 0.25) is 11.1 Å². The largest absolute Gasteiger partial charge is 0.481 e. The molecule has 1 saturated heterocycles. The zero-order valence-electron chi connectivity index (χ0n) is 9.37. The van der Waals surface area contributed by atoms with Crippen LogP contribution in [0.25, 0.3) is 0 Å². The van der Waals surface area contributed by atoms with Gasteiger partial charge < -0.3 is 15.8 Å². The van der Waals surface area contributed by atoms with Gasteiger partial charge in [0.15, 0.2) is 0 Å². The van der Waals surface area contributed by atoms with E-state index in [1.807, 2.05) is 0 Å². The highest BCUT2D eigenvalue weighted by molar-refractivity contribution is 7.99. The molecule has 0 bridgehead atoms. The van der Waals surface area contributed by atoms with Crippen molar-refractivity contribution < 1.29 is 9.90 Å². The normalized spacial score (nSPS) is 16.1. The van der Waals surface area contributed by atoms with Crippen LogP contribution in [-0.4, -0.2) is 44.8 Å². The molecule has 0 aliphatic carbocycles. The lowest BCUT2D eigenvalue weighted by molar-refractivity contribution is -0.133. The van der Waals surface area contributed by atoms with E-state index in [1.165, 1.54) is 6.42 Å². The summed E-state index contributed by atoms with van der Waals surface area (Å²) in [5, 5.41) is 19.0. The molecule has 0 aromatic carbocycles. The van der Waals surface area contributed by atoms with Crippen molar-refractivity contribution in [3.05, 3.63) is 0 Å². The van der Waals surface area contributed by atoms with Gasteiger partial charge in [0.05, 0.1) is 5.75 Å². The molecular weight excluding hydrogens is 242 g/mol. The van der Waals surface area contributed by atoms with E-state index >= 15 is 0 Å². The van der Waals surface area contributed by atoms with E-state index in [9.17, 15) is 4.79 Å². The standard InChI is InChI=1S/C9H15N5O2S/c10-8-11-12-9(17-6-7(15)16)14(8)13-4-2-1-3-5-13/h1-6H2,(H2,10,11)(H,15,16). The third-order valence-corrected chi connectivity index (χ3v) is 3.48. The molecule has 0 saturated carbocycles. The lowest BCUT2D eigenvalue weighted by Crippen LogP contribution is -2.40. The molecule has 8 heteroatoms. The number of aliphatic carboxylic acids is 1. The fraction of sp³-hybridized carbons (Fsp3) is 0.667. The first-order valence-corrected chi connectivity index (χ1v) is 6.48. The Bertz CT molecular complexity index is 402. The Morgan fingerprint density at radius 2 is 2.06 bits per heavy atom. The molecule has 94 valence electrons. The minimum absolute atomic E-state index is 0.0357. The topological polar surface area (TPSA) is 97.3 Å². The lowest BCUT2D eigenvalue weighted by atomic mass is 10.2. The molecule has 3 N–H and O–H groups in total. The van der Waals surface area contributed by atoms with Crippen LogP contribution in [0.1, 0.15) is 19.3 Å². The summed E-state index contributed by atoms with van der Waals surface area (Å²) >= 11 is 1.14. The van der Waals surface area contributed by atoms with Crippen LogP contribution in [0.5, 0.6) is 0 Å². The Labute approximate surface area is 103 Å². The lowest BCUT2D eigenvalue weighted by Gasteiger charge is -2.30. The molecule has 17 heavy (non-hydrogen) atoms. The summed E-state index contributed by atoms with van der Waals surface area (Å²) in [6, 6.07) is 0. The van der Waals surface area contributed by atoms with Gasteiger partial charge in [0.1, 0.15) is 0 Å². The van der Waals surface area contributed by atoms with E-state index < -0.39 is 5.97 Å². The van der Waals surface area contributed by atoms with Gasteiger partial charge >= 0.3 is 5.97 Å². The number of carboxylic acid groups (broad SMARTS) is 1. The van der Waals surface area contributed by atoms with Crippen molar-refractivity contribution in [2.24, 2.45) is 0 Å². The monoisotopic (exact) mass is 257 g/mol. The van der Waals surface area contributed by atoms with Crippen LogP contribution in [0.4, 0.5) is 5.95 Å². The molecule has 0 unspecified atom stereocenters. The smallest absolute Gasteiger partial charge is 0.313 e. The number of piperidine rings is 1. The van der Waals surface area contributed by atoms with Gasteiger partial charge in [-0.05, 0) is 19.3 Å². The van der Waals surface area contributed by atoms with Crippen molar-refractivity contribution in [1.82, 2.24) is 14.9 Å². The number of nitrogens with zero attached hydrogens (tertiary/aromatic N) is 4. The number of anilines is 1. The first kappa shape index (κ1) is 12.0. The predicted molar refractivity (Wildman–Crippen MR) is 64.6 cm³/mol. The summed E-state index contributed by atoms with van der Waals surface area (Å²) in [6.45, 7) is 1.81. The van der Waals surface area contributed by atoms with Gasteiger partial charge in [-0.3, -0.25) is 4.79 Å². The van der Waals surface area contributed by atoms with E-state index in [0.717, 1.165) is 37.7 Å². The van der Waals surface area contributed by atoms with Crippen LogP contribution in [-0.2, 0) is 4.79 Å². The molecule has 1 aliphatic heterocycles. The quantitative estimate of drug-likeness (QED) is 0.741. The molecular formula is C9H15N5O2S. The minimum atomic E-state index is -0.873. The Morgan fingerprint density at radius 1 is 1.35 bits per heavy atom. The van der Waals surface area contributed by atoms with Crippen LogP contribution in [0.3, 0.4) is 0 Å². The molecule has 1 fully saturated rings. The molecule has 2 heterocycles. The highest BCUT2D eigenvalue weighted by Crippen LogP contribution is 2.20. The van der Waals surface area contributed by atoms with E-state index in [2.05, 4.69) is 15.2 Å². The average Bonchev–Trinajstić information content (AvgIpc) is 2.69. The van der Waals surface area contributed by atoms with Crippen LogP contribution < -0.4 is 10.7 Å². The van der Waals surface area contributed by atoms with E-state index in [1.54, 1.807) is 4.68 Å². The number of carboxylic acids is 1. The van der Waals surface area contributed by atoms with Crippen LogP contribution in [0.15, 0.2) is 5.16 Å². The summed E-state index contributed by atoms with van der Waals surface area (Å²) in [4.78, 5) is 10.5. The maximum Gasteiger partial charge on any atom is 0.313 e. The second-order valence-corrected chi connectivity index (χ2v) is 4.79.